The van der Waals surface area contributed by atoms with Crippen molar-refractivity contribution >= 4 is 94.3 Å². The maximum absolute atomic E-state index is 12.2. The number of aliphatic imine (C=N–C) groups is 1. The number of hydrogen-bond acceptors (Lipinski definition) is 5. The van der Waals surface area contributed by atoms with E-state index in [0.717, 1.165) is 8.04 Å². The summed E-state index contributed by atoms with van der Waals surface area (Å²) in [7, 11) is 0. The molecule has 0 aromatic heterocycles. The molecule has 1 heterocycles. The first kappa shape index (κ1) is 21.7. The van der Waals surface area contributed by atoms with E-state index >= 15 is 0 Å². The summed E-state index contributed by atoms with van der Waals surface area (Å²) in [6.07, 6.45) is 1.88. The van der Waals surface area contributed by atoms with Crippen LogP contribution in [-0.2, 0) is 14.3 Å². The van der Waals surface area contributed by atoms with Gasteiger partial charge in [-0.2, -0.15) is 0 Å². The van der Waals surface area contributed by atoms with E-state index in [4.69, 9.17) is 9.47 Å². The van der Waals surface area contributed by atoms with E-state index in [-0.39, 0.29) is 24.0 Å². The monoisotopic (exact) mass is 681 g/mol. The molecule has 28 heavy (non-hydrogen) atoms. The van der Waals surface area contributed by atoms with Gasteiger partial charge in [-0.15, -0.1) is 0 Å². The molecule has 1 aliphatic heterocycles. The predicted octanol–water partition coefficient (Wildman–Crippen LogP) is 6.24. The fraction of sp³-hybridized carbons (Fsp3) is 0.105. The van der Waals surface area contributed by atoms with Gasteiger partial charge in [0.05, 0.1) is 8.95 Å². The van der Waals surface area contributed by atoms with Crippen molar-refractivity contribution < 1.29 is 19.1 Å². The Bertz CT molecular complexity index is 1030. The third-order valence-corrected chi connectivity index (χ3v) is 7.13. The summed E-state index contributed by atoms with van der Waals surface area (Å²) in [5.41, 5.74) is 1.57. The number of carbonyl (C=O) groups excluding carboxylic acids is 2. The topological polar surface area (TPSA) is 65.0 Å². The van der Waals surface area contributed by atoms with Crippen LogP contribution < -0.4 is 4.74 Å². The van der Waals surface area contributed by atoms with Gasteiger partial charge in [0.1, 0.15) is 0 Å². The molecule has 0 aliphatic carbocycles. The van der Waals surface area contributed by atoms with Crippen molar-refractivity contribution in [3.05, 3.63) is 64.1 Å². The summed E-state index contributed by atoms with van der Waals surface area (Å²) in [6.45, 7) is 1.72. The lowest BCUT2D eigenvalue weighted by molar-refractivity contribution is -0.134. The van der Waals surface area contributed by atoms with Gasteiger partial charge in [0, 0.05) is 20.0 Å². The number of ether oxygens (including phenoxy) is 2. The van der Waals surface area contributed by atoms with E-state index in [0.29, 0.717) is 25.8 Å². The lowest BCUT2D eigenvalue weighted by Gasteiger charge is -2.09. The molecule has 0 saturated heterocycles. The Morgan fingerprint density at radius 2 is 1.86 bits per heavy atom. The van der Waals surface area contributed by atoms with Gasteiger partial charge in [-0.05, 0) is 112 Å². The van der Waals surface area contributed by atoms with E-state index in [2.05, 4.69) is 75.4 Å². The van der Waals surface area contributed by atoms with E-state index in [9.17, 15) is 9.59 Å². The van der Waals surface area contributed by atoms with Crippen LogP contribution in [0, 0.1) is 3.57 Å². The van der Waals surface area contributed by atoms with Gasteiger partial charge in [0.15, 0.2) is 11.4 Å². The molecular formula is C19H11Br3INO4. The van der Waals surface area contributed by atoms with E-state index in [1.165, 1.54) is 0 Å². The minimum Gasteiger partial charge on any atom is -0.424 e. The fourth-order valence-electron chi connectivity index (χ4n) is 2.27. The molecule has 3 rings (SSSR count). The van der Waals surface area contributed by atoms with Crippen LogP contribution in [0.1, 0.15) is 24.5 Å². The first-order valence-corrected chi connectivity index (χ1v) is 11.4. The molecule has 2 aromatic carbocycles. The summed E-state index contributed by atoms with van der Waals surface area (Å²) >= 11 is 12.4. The van der Waals surface area contributed by atoms with Crippen molar-refractivity contribution in [3.63, 3.8) is 0 Å². The number of nitrogens with zero attached hydrogens (tertiary/aromatic N) is 1. The van der Waals surface area contributed by atoms with Gasteiger partial charge in [0.25, 0.3) is 0 Å². The molecule has 0 unspecified atom stereocenters. The Labute approximate surface area is 200 Å². The van der Waals surface area contributed by atoms with Gasteiger partial charge in [-0.25, -0.2) is 9.79 Å². The largest absolute Gasteiger partial charge is 0.424 e. The molecule has 0 amide bonds. The van der Waals surface area contributed by atoms with E-state index in [1.54, 1.807) is 25.1 Å². The van der Waals surface area contributed by atoms with Crippen LogP contribution in [0.15, 0.2) is 54.4 Å². The second-order valence-corrected chi connectivity index (χ2v) is 9.33. The van der Waals surface area contributed by atoms with Crippen LogP contribution in [0.25, 0.3) is 6.08 Å². The van der Waals surface area contributed by atoms with Gasteiger partial charge in [0.2, 0.25) is 5.90 Å². The Balaban J connectivity index is 1.92. The third-order valence-electron chi connectivity index (χ3n) is 3.62. The van der Waals surface area contributed by atoms with Crippen LogP contribution in [0.5, 0.6) is 5.75 Å². The SMILES string of the molecule is CCC(=O)Oc1c(Br)cc(/C=C2\N=C(c3ccc(I)c(Br)c3)OC2=O)cc1Br. The highest BCUT2D eigenvalue weighted by Gasteiger charge is 2.25. The van der Waals surface area contributed by atoms with Crippen LogP contribution in [0.3, 0.4) is 0 Å². The average Bonchev–Trinajstić information content (AvgIpc) is 3.00. The van der Waals surface area contributed by atoms with Crippen molar-refractivity contribution in [2.75, 3.05) is 0 Å². The number of cyclic esters (lactones) is 1. The Morgan fingerprint density at radius 3 is 2.46 bits per heavy atom. The molecule has 0 atom stereocenters. The first-order chi connectivity index (χ1) is 13.3. The fourth-order valence-corrected chi connectivity index (χ4v) is 4.36. The summed E-state index contributed by atoms with van der Waals surface area (Å²) in [4.78, 5) is 28.1. The zero-order chi connectivity index (χ0) is 20.4. The number of carbonyl (C=O) groups is 2. The molecule has 0 fully saturated rings. The lowest BCUT2D eigenvalue weighted by Crippen LogP contribution is -2.06. The molecule has 0 N–H and O–H groups in total. The highest BCUT2D eigenvalue weighted by Crippen LogP contribution is 2.36. The van der Waals surface area contributed by atoms with Crippen LogP contribution in [0.2, 0.25) is 0 Å². The molecule has 0 saturated carbocycles. The summed E-state index contributed by atoms with van der Waals surface area (Å²) in [6, 6.07) is 9.06. The first-order valence-electron chi connectivity index (χ1n) is 7.96. The minimum absolute atomic E-state index is 0.182. The van der Waals surface area contributed by atoms with Gasteiger partial charge in [-0.1, -0.05) is 6.92 Å². The molecule has 144 valence electrons. The highest BCUT2D eigenvalue weighted by atomic mass is 127. The molecular weight excluding hydrogens is 673 g/mol. The zero-order valence-corrected chi connectivity index (χ0v) is 21.2. The minimum atomic E-state index is -0.529. The molecule has 2 aromatic rings. The Hall–Kier alpha value is -1.04. The number of benzene rings is 2. The molecule has 9 heteroatoms. The standard InChI is InChI=1S/C19H11Br3INO4/c1-2-16(25)27-17-12(21)5-9(6-13(17)22)7-15-19(26)28-18(24-15)10-3-4-14(23)11(20)8-10/h3-8H,2H2,1H3/b15-7-. The van der Waals surface area contributed by atoms with Gasteiger partial charge >= 0.3 is 11.9 Å². The quantitative estimate of drug-likeness (QED) is 0.166. The number of rotatable bonds is 4. The Kier molecular flexibility index (Phi) is 7.11. The van der Waals surface area contributed by atoms with Gasteiger partial charge in [-0.3, -0.25) is 4.79 Å². The maximum Gasteiger partial charge on any atom is 0.363 e. The molecule has 0 radical (unpaired) electrons. The highest BCUT2D eigenvalue weighted by molar-refractivity contribution is 14.1. The van der Waals surface area contributed by atoms with Crippen LogP contribution in [0.4, 0.5) is 0 Å². The second-order valence-electron chi connectivity index (χ2n) is 5.61. The zero-order valence-electron chi connectivity index (χ0n) is 14.3. The Morgan fingerprint density at radius 1 is 1.18 bits per heavy atom. The number of hydrogen-bond donors (Lipinski definition) is 0. The second kappa shape index (κ2) is 9.19. The molecule has 5 nitrogen and oxygen atoms in total. The summed E-state index contributed by atoms with van der Waals surface area (Å²) in [5.74, 6) is -0.237. The van der Waals surface area contributed by atoms with Gasteiger partial charge < -0.3 is 9.47 Å². The van der Waals surface area contributed by atoms with Crippen molar-refractivity contribution in [1.29, 1.82) is 0 Å². The number of halogens is 4. The van der Waals surface area contributed by atoms with Crippen molar-refractivity contribution in [2.24, 2.45) is 4.99 Å². The smallest absolute Gasteiger partial charge is 0.363 e. The van der Waals surface area contributed by atoms with Crippen molar-refractivity contribution in [2.45, 2.75) is 13.3 Å². The van der Waals surface area contributed by atoms with E-state index < -0.39 is 5.97 Å². The maximum atomic E-state index is 12.2. The average molecular weight is 684 g/mol. The van der Waals surface area contributed by atoms with Crippen molar-refractivity contribution in [1.82, 2.24) is 0 Å². The van der Waals surface area contributed by atoms with Crippen molar-refractivity contribution in [3.8, 4) is 5.75 Å². The summed E-state index contributed by atoms with van der Waals surface area (Å²) < 4.78 is 13.7. The molecule has 1 aliphatic rings. The normalized spacial score (nSPS) is 14.8. The lowest BCUT2D eigenvalue weighted by atomic mass is 10.2. The number of esters is 2. The third kappa shape index (κ3) is 4.92. The predicted molar refractivity (Wildman–Crippen MR) is 125 cm³/mol. The molecule has 0 spiro atoms. The van der Waals surface area contributed by atoms with Crippen LogP contribution in [-0.4, -0.2) is 17.8 Å². The van der Waals surface area contributed by atoms with E-state index in [1.807, 2.05) is 18.2 Å². The van der Waals surface area contributed by atoms with Crippen LogP contribution >= 0.6 is 70.4 Å². The molecule has 0 bridgehead atoms. The summed E-state index contributed by atoms with van der Waals surface area (Å²) in [5, 5.41) is 0.